The van der Waals surface area contributed by atoms with Crippen molar-refractivity contribution in [1.82, 2.24) is 5.32 Å². The van der Waals surface area contributed by atoms with E-state index in [4.69, 9.17) is 5.26 Å². The van der Waals surface area contributed by atoms with E-state index in [0.717, 1.165) is 12.6 Å². The van der Waals surface area contributed by atoms with Crippen molar-refractivity contribution >= 4 is 0 Å². The summed E-state index contributed by atoms with van der Waals surface area (Å²) >= 11 is 0. The topological polar surface area (TPSA) is 35.8 Å². The first-order valence-electron chi connectivity index (χ1n) is 5.24. The molecule has 0 amide bonds. The second-order valence-corrected chi connectivity index (χ2v) is 4.14. The molecule has 2 nitrogen and oxygen atoms in total. The van der Waals surface area contributed by atoms with Crippen LogP contribution in [0.25, 0.3) is 0 Å². The Kier molecular flexibility index (Phi) is 3.16. The maximum absolute atomic E-state index is 13.0. The highest BCUT2D eigenvalue weighted by molar-refractivity contribution is 5.19. The molecule has 2 unspecified atom stereocenters. The summed E-state index contributed by atoms with van der Waals surface area (Å²) in [6.07, 6.45) is 0.542. The van der Waals surface area contributed by atoms with E-state index in [1.807, 2.05) is 0 Å². The Hall–Kier alpha value is -1.47. The third-order valence-corrected chi connectivity index (χ3v) is 2.93. The van der Waals surface area contributed by atoms with E-state index < -0.39 is 11.6 Å². The Morgan fingerprint density at radius 2 is 1.94 bits per heavy atom. The standard InChI is InChI=1S/C12H12F2N2/c13-11-2-8(3-12(14)4-11)1-9-6-16-7-10(9)5-15/h2-4,9-10,16H,1,6-7H2. The quantitative estimate of drug-likeness (QED) is 0.829. The summed E-state index contributed by atoms with van der Waals surface area (Å²) < 4.78 is 25.9. The van der Waals surface area contributed by atoms with E-state index in [0.29, 0.717) is 18.5 Å². The molecule has 0 saturated carbocycles. The molecule has 1 heterocycles. The molecule has 1 aliphatic heterocycles. The number of nitrogens with one attached hydrogen (secondary N) is 1. The molecule has 2 atom stereocenters. The van der Waals surface area contributed by atoms with Gasteiger partial charge < -0.3 is 5.32 Å². The van der Waals surface area contributed by atoms with Crippen molar-refractivity contribution in [2.45, 2.75) is 6.42 Å². The lowest BCUT2D eigenvalue weighted by molar-refractivity contribution is 0.494. The Balaban J connectivity index is 2.12. The largest absolute Gasteiger partial charge is 0.315 e. The van der Waals surface area contributed by atoms with Crippen LogP contribution in [0.4, 0.5) is 8.78 Å². The predicted molar refractivity (Wildman–Crippen MR) is 55.5 cm³/mol. The normalized spacial score (nSPS) is 24.3. The third-order valence-electron chi connectivity index (χ3n) is 2.93. The van der Waals surface area contributed by atoms with Gasteiger partial charge in [0.05, 0.1) is 12.0 Å². The summed E-state index contributed by atoms with van der Waals surface area (Å²) in [6, 6.07) is 5.73. The first kappa shape index (κ1) is 11.0. The van der Waals surface area contributed by atoms with Crippen LogP contribution >= 0.6 is 0 Å². The zero-order chi connectivity index (χ0) is 11.5. The van der Waals surface area contributed by atoms with Crippen LogP contribution in [-0.4, -0.2) is 13.1 Å². The number of rotatable bonds is 2. The molecule has 1 N–H and O–H groups in total. The minimum absolute atomic E-state index is 0.0636. The summed E-state index contributed by atoms with van der Waals surface area (Å²) in [5.74, 6) is -1.04. The Labute approximate surface area is 92.9 Å². The van der Waals surface area contributed by atoms with E-state index in [-0.39, 0.29) is 11.8 Å². The van der Waals surface area contributed by atoms with Gasteiger partial charge in [-0.05, 0) is 36.6 Å². The summed E-state index contributed by atoms with van der Waals surface area (Å²) in [5.41, 5.74) is 0.617. The average molecular weight is 222 g/mol. The van der Waals surface area contributed by atoms with E-state index in [2.05, 4.69) is 11.4 Å². The predicted octanol–water partition coefficient (Wildman–Crippen LogP) is 1.87. The summed E-state index contributed by atoms with van der Waals surface area (Å²) in [7, 11) is 0. The van der Waals surface area contributed by atoms with Gasteiger partial charge in [0.25, 0.3) is 0 Å². The van der Waals surface area contributed by atoms with E-state index in [1.54, 1.807) is 0 Å². The number of halogens is 2. The lowest BCUT2D eigenvalue weighted by Crippen LogP contribution is -2.14. The molecule has 0 aliphatic carbocycles. The minimum Gasteiger partial charge on any atom is -0.315 e. The highest BCUT2D eigenvalue weighted by Gasteiger charge is 2.26. The van der Waals surface area contributed by atoms with E-state index >= 15 is 0 Å². The van der Waals surface area contributed by atoms with Crippen molar-refractivity contribution < 1.29 is 8.78 Å². The molecular formula is C12H12F2N2. The minimum atomic E-state index is -0.561. The van der Waals surface area contributed by atoms with Crippen LogP contribution in [0.2, 0.25) is 0 Å². The van der Waals surface area contributed by atoms with Crippen LogP contribution in [0.3, 0.4) is 0 Å². The van der Waals surface area contributed by atoms with Gasteiger partial charge in [-0.15, -0.1) is 0 Å². The molecule has 1 aliphatic rings. The second-order valence-electron chi connectivity index (χ2n) is 4.14. The summed E-state index contributed by atoms with van der Waals surface area (Å²) in [6.45, 7) is 1.40. The average Bonchev–Trinajstić information content (AvgIpc) is 2.63. The number of hydrogen-bond acceptors (Lipinski definition) is 2. The molecule has 0 spiro atoms. The fraction of sp³-hybridized carbons (Fsp3) is 0.417. The van der Waals surface area contributed by atoms with Gasteiger partial charge >= 0.3 is 0 Å². The molecule has 16 heavy (non-hydrogen) atoms. The Morgan fingerprint density at radius 1 is 1.25 bits per heavy atom. The molecular weight excluding hydrogens is 210 g/mol. The van der Waals surface area contributed by atoms with Gasteiger partial charge in [0.1, 0.15) is 11.6 Å². The van der Waals surface area contributed by atoms with Crippen molar-refractivity contribution in [3.05, 3.63) is 35.4 Å². The maximum Gasteiger partial charge on any atom is 0.126 e. The van der Waals surface area contributed by atoms with Gasteiger partial charge in [0, 0.05) is 12.6 Å². The molecule has 84 valence electrons. The van der Waals surface area contributed by atoms with Crippen molar-refractivity contribution in [1.29, 1.82) is 5.26 Å². The van der Waals surface area contributed by atoms with Crippen LogP contribution in [0.1, 0.15) is 5.56 Å². The Morgan fingerprint density at radius 3 is 2.56 bits per heavy atom. The van der Waals surface area contributed by atoms with Gasteiger partial charge in [0.15, 0.2) is 0 Å². The lowest BCUT2D eigenvalue weighted by atomic mass is 9.91. The molecule has 1 aromatic carbocycles. The van der Waals surface area contributed by atoms with Crippen molar-refractivity contribution in [3.63, 3.8) is 0 Å². The molecule has 2 rings (SSSR count). The van der Waals surface area contributed by atoms with Crippen LogP contribution in [0.5, 0.6) is 0 Å². The highest BCUT2D eigenvalue weighted by atomic mass is 19.1. The molecule has 1 fully saturated rings. The van der Waals surface area contributed by atoms with Gasteiger partial charge in [0.2, 0.25) is 0 Å². The van der Waals surface area contributed by atoms with Gasteiger partial charge in [-0.1, -0.05) is 0 Å². The molecule has 0 aromatic heterocycles. The second kappa shape index (κ2) is 4.58. The number of hydrogen-bond donors (Lipinski definition) is 1. The summed E-state index contributed by atoms with van der Waals surface area (Å²) in [5, 5.41) is 12.0. The van der Waals surface area contributed by atoms with Gasteiger partial charge in [-0.25, -0.2) is 8.78 Å². The fourth-order valence-electron chi connectivity index (χ4n) is 2.13. The van der Waals surface area contributed by atoms with E-state index in [1.165, 1.54) is 12.1 Å². The fourth-order valence-corrected chi connectivity index (χ4v) is 2.13. The zero-order valence-corrected chi connectivity index (χ0v) is 8.71. The molecule has 0 radical (unpaired) electrons. The van der Waals surface area contributed by atoms with Crippen molar-refractivity contribution in [3.8, 4) is 6.07 Å². The number of nitrogens with zero attached hydrogens (tertiary/aromatic N) is 1. The molecule has 1 saturated heterocycles. The van der Waals surface area contributed by atoms with Gasteiger partial charge in [-0.2, -0.15) is 5.26 Å². The lowest BCUT2D eigenvalue weighted by Gasteiger charge is -2.12. The smallest absolute Gasteiger partial charge is 0.126 e. The third kappa shape index (κ3) is 2.37. The molecule has 1 aromatic rings. The monoisotopic (exact) mass is 222 g/mol. The molecule has 4 heteroatoms. The highest BCUT2D eigenvalue weighted by Crippen LogP contribution is 2.21. The SMILES string of the molecule is N#CC1CNCC1Cc1cc(F)cc(F)c1. The first-order chi connectivity index (χ1) is 7.69. The van der Waals surface area contributed by atoms with E-state index in [9.17, 15) is 8.78 Å². The van der Waals surface area contributed by atoms with Gasteiger partial charge in [-0.3, -0.25) is 0 Å². The van der Waals surface area contributed by atoms with Crippen LogP contribution in [-0.2, 0) is 6.42 Å². The van der Waals surface area contributed by atoms with Crippen LogP contribution in [0.15, 0.2) is 18.2 Å². The summed E-state index contributed by atoms with van der Waals surface area (Å²) in [4.78, 5) is 0. The van der Waals surface area contributed by atoms with Crippen molar-refractivity contribution in [2.75, 3.05) is 13.1 Å². The number of nitriles is 1. The number of benzene rings is 1. The Bertz CT molecular complexity index is 405. The van der Waals surface area contributed by atoms with Crippen LogP contribution in [0, 0.1) is 34.8 Å². The zero-order valence-electron chi connectivity index (χ0n) is 8.71. The van der Waals surface area contributed by atoms with Crippen LogP contribution < -0.4 is 5.32 Å². The first-order valence-corrected chi connectivity index (χ1v) is 5.24. The molecule has 0 bridgehead atoms. The van der Waals surface area contributed by atoms with Crippen molar-refractivity contribution in [2.24, 2.45) is 11.8 Å². The maximum atomic E-state index is 13.0.